The highest BCUT2D eigenvalue weighted by Gasteiger charge is 2.25. The zero-order valence-electron chi connectivity index (χ0n) is 7.04. The topological polar surface area (TPSA) is 63.6 Å². The molecule has 1 N–H and O–H groups in total. The fourth-order valence-corrected chi connectivity index (χ4v) is 1.39. The molecule has 4 nitrogen and oxygen atoms in total. The third-order valence-electron chi connectivity index (χ3n) is 1.72. The lowest BCUT2D eigenvalue weighted by Gasteiger charge is -2.20. The minimum Gasteiger partial charge on any atom is -0.477 e. The molecule has 0 radical (unpaired) electrons. The SMILES string of the molecule is CC1CC(=O)O/C(=C(\Br)C(=O)O)C1. The summed E-state index contributed by atoms with van der Waals surface area (Å²) in [6.45, 7) is 1.88. The molecule has 1 fully saturated rings. The van der Waals surface area contributed by atoms with Crippen LogP contribution in [0.3, 0.4) is 0 Å². The Kier molecular flexibility index (Phi) is 3.08. The third kappa shape index (κ3) is 2.55. The van der Waals surface area contributed by atoms with Gasteiger partial charge in [-0.2, -0.15) is 0 Å². The van der Waals surface area contributed by atoms with Crippen molar-refractivity contribution in [1.29, 1.82) is 0 Å². The molecule has 1 aliphatic heterocycles. The van der Waals surface area contributed by atoms with E-state index in [0.29, 0.717) is 12.8 Å². The maximum absolute atomic E-state index is 10.9. The van der Waals surface area contributed by atoms with Gasteiger partial charge in [0.05, 0.1) is 0 Å². The van der Waals surface area contributed by atoms with Gasteiger partial charge in [-0.1, -0.05) is 6.92 Å². The molecular formula is C8H9BrO4. The number of carboxylic acid groups (broad SMARTS) is 1. The summed E-state index contributed by atoms with van der Waals surface area (Å²) in [4.78, 5) is 21.5. The van der Waals surface area contributed by atoms with Gasteiger partial charge in [0.25, 0.3) is 0 Å². The van der Waals surface area contributed by atoms with Crippen LogP contribution >= 0.6 is 15.9 Å². The average Bonchev–Trinajstić information content (AvgIpc) is 2.01. The molecule has 0 aromatic rings. The molecule has 0 bridgehead atoms. The van der Waals surface area contributed by atoms with Gasteiger partial charge in [0.15, 0.2) is 0 Å². The summed E-state index contributed by atoms with van der Waals surface area (Å²) in [7, 11) is 0. The Morgan fingerprint density at radius 2 is 2.23 bits per heavy atom. The van der Waals surface area contributed by atoms with Crippen LogP contribution in [0.4, 0.5) is 0 Å². The second-order valence-electron chi connectivity index (χ2n) is 3.03. The zero-order chi connectivity index (χ0) is 10.0. The lowest BCUT2D eigenvalue weighted by Crippen LogP contribution is -2.19. The van der Waals surface area contributed by atoms with Gasteiger partial charge in [0.1, 0.15) is 10.2 Å². The number of hydrogen-bond donors (Lipinski definition) is 1. The summed E-state index contributed by atoms with van der Waals surface area (Å²) in [6.07, 6.45) is 0.835. The highest BCUT2D eigenvalue weighted by molar-refractivity contribution is 9.12. The summed E-state index contributed by atoms with van der Waals surface area (Å²) in [5.74, 6) is -1.12. The molecule has 0 spiro atoms. The van der Waals surface area contributed by atoms with Gasteiger partial charge in [-0.25, -0.2) is 4.79 Å². The highest BCUT2D eigenvalue weighted by Crippen LogP contribution is 2.28. The van der Waals surface area contributed by atoms with Crippen molar-refractivity contribution < 1.29 is 19.4 Å². The summed E-state index contributed by atoms with van der Waals surface area (Å²) >= 11 is 2.86. The molecule has 0 aliphatic carbocycles. The van der Waals surface area contributed by atoms with Crippen LogP contribution in [0.2, 0.25) is 0 Å². The Morgan fingerprint density at radius 1 is 1.62 bits per heavy atom. The van der Waals surface area contributed by atoms with Crippen LogP contribution in [-0.4, -0.2) is 17.0 Å². The molecule has 0 aromatic carbocycles. The van der Waals surface area contributed by atoms with Crippen LogP contribution in [0.25, 0.3) is 0 Å². The smallest absolute Gasteiger partial charge is 0.346 e. The summed E-state index contributed by atoms with van der Waals surface area (Å²) < 4.78 is 4.73. The van der Waals surface area contributed by atoms with Crippen molar-refractivity contribution >= 4 is 27.9 Å². The predicted octanol–water partition coefficient (Wildman–Crippen LogP) is 1.65. The molecule has 1 saturated heterocycles. The van der Waals surface area contributed by atoms with Crippen LogP contribution in [0.5, 0.6) is 0 Å². The number of hydrogen-bond acceptors (Lipinski definition) is 3. The Labute approximate surface area is 83.7 Å². The monoisotopic (exact) mass is 248 g/mol. The minimum atomic E-state index is -1.11. The van der Waals surface area contributed by atoms with E-state index in [2.05, 4.69) is 15.9 Å². The zero-order valence-corrected chi connectivity index (χ0v) is 8.63. The van der Waals surface area contributed by atoms with E-state index in [-0.39, 0.29) is 22.1 Å². The maximum Gasteiger partial charge on any atom is 0.346 e. The Hall–Kier alpha value is -0.840. The molecule has 0 aromatic heterocycles. The number of halogens is 1. The summed E-state index contributed by atoms with van der Waals surface area (Å²) in [5, 5.41) is 8.61. The molecule has 1 aliphatic rings. The van der Waals surface area contributed by atoms with E-state index in [4.69, 9.17) is 9.84 Å². The van der Waals surface area contributed by atoms with Crippen molar-refractivity contribution in [3.05, 3.63) is 10.2 Å². The van der Waals surface area contributed by atoms with Crippen molar-refractivity contribution in [2.24, 2.45) is 5.92 Å². The van der Waals surface area contributed by atoms with Gasteiger partial charge in [0, 0.05) is 12.8 Å². The fraction of sp³-hybridized carbons (Fsp3) is 0.500. The van der Waals surface area contributed by atoms with Crippen LogP contribution in [0, 0.1) is 5.92 Å². The van der Waals surface area contributed by atoms with Crippen LogP contribution in [0.15, 0.2) is 10.2 Å². The molecule has 72 valence electrons. The first-order chi connectivity index (χ1) is 6.00. The fourth-order valence-electron chi connectivity index (χ4n) is 1.15. The van der Waals surface area contributed by atoms with E-state index >= 15 is 0 Å². The lowest BCUT2D eigenvalue weighted by molar-refractivity contribution is -0.143. The lowest BCUT2D eigenvalue weighted by atomic mass is 10.0. The number of aliphatic carboxylic acids is 1. The number of carbonyl (C=O) groups excluding carboxylic acids is 1. The van der Waals surface area contributed by atoms with E-state index in [0.717, 1.165) is 0 Å². The van der Waals surface area contributed by atoms with Crippen LogP contribution in [0.1, 0.15) is 19.8 Å². The van der Waals surface area contributed by atoms with E-state index in [1.807, 2.05) is 6.92 Å². The molecule has 1 unspecified atom stereocenters. The van der Waals surface area contributed by atoms with Crippen molar-refractivity contribution in [1.82, 2.24) is 0 Å². The van der Waals surface area contributed by atoms with E-state index in [1.54, 1.807) is 0 Å². The van der Waals surface area contributed by atoms with Crippen molar-refractivity contribution in [2.45, 2.75) is 19.8 Å². The van der Waals surface area contributed by atoms with Crippen molar-refractivity contribution in [2.75, 3.05) is 0 Å². The van der Waals surface area contributed by atoms with Gasteiger partial charge in [0.2, 0.25) is 0 Å². The quantitative estimate of drug-likeness (QED) is 0.566. The first kappa shape index (κ1) is 10.2. The normalized spacial score (nSPS) is 26.6. The van der Waals surface area contributed by atoms with E-state index in [1.165, 1.54) is 0 Å². The standard InChI is InChI=1S/C8H9BrO4/c1-4-2-5(7(9)8(11)12)13-6(10)3-4/h4H,2-3H2,1H3,(H,11,12)/b7-5-. The largest absolute Gasteiger partial charge is 0.477 e. The second kappa shape index (κ2) is 3.91. The molecule has 13 heavy (non-hydrogen) atoms. The van der Waals surface area contributed by atoms with Crippen molar-refractivity contribution in [3.63, 3.8) is 0 Å². The van der Waals surface area contributed by atoms with Gasteiger partial charge >= 0.3 is 11.9 Å². The third-order valence-corrected chi connectivity index (χ3v) is 2.50. The maximum atomic E-state index is 10.9. The summed E-state index contributed by atoms with van der Waals surface area (Å²) in [5.41, 5.74) is 0. The molecule has 5 heteroatoms. The van der Waals surface area contributed by atoms with Crippen molar-refractivity contribution in [3.8, 4) is 0 Å². The number of cyclic esters (lactones) is 1. The minimum absolute atomic E-state index is 0.0626. The van der Waals surface area contributed by atoms with E-state index < -0.39 is 5.97 Å². The average molecular weight is 249 g/mol. The number of rotatable bonds is 1. The van der Waals surface area contributed by atoms with Gasteiger partial charge < -0.3 is 9.84 Å². The number of allylic oxidation sites excluding steroid dienone is 1. The van der Waals surface area contributed by atoms with Crippen LogP contribution < -0.4 is 0 Å². The van der Waals surface area contributed by atoms with Gasteiger partial charge in [-0.05, 0) is 21.8 Å². The van der Waals surface area contributed by atoms with E-state index in [9.17, 15) is 9.59 Å². The Bertz CT molecular complexity index is 282. The summed E-state index contributed by atoms with van der Waals surface area (Å²) in [6, 6.07) is 0. The van der Waals surface area contributed by atoms with Gasteiger partial charge in [-0.3, -0.25) is 4.79 Å². The molecule has 0 amide bonds. The first-order valence-electron chi connectivity index (χ1n) is 3.83. The highest BCUT2D eigenvalue weighted by atomic mass is 79.9. The Balaban J connectivity index is 2.86. The number of ether oxygens (including phenoxy) is 1. The van der Waals surface area contributed by atoms with Crippen LogP contribution in [-0.2, 0) is 14.3 Å². The molecular weight excluding hydrogens is 240 g/mol. The molecule has 1 heterocycles. The number of carboxylic acids is 1. The molecule has 0 saturated carbocycles. The molecule has 1 atom stereocenters. The first-order valence-corrected chi connectivity index (χ1v) is 4.62. The second-order valence-corrected chi connectivity index (χ2v) is 3.82. The Morgan fingerprint density at radius 3 is 2.69 bits per heavy atom. The molecule has 1 rings (SSSR count). The number of carbonyl (C=O) groups is 2. The number of esters is 1. The predicted molar refractivity (Wildman–Crippen MR) is 48.1 cm³/mol. The van der Waals surface area contributed by atoms with Gasteiger partial charge in [-0.15, -0.1) is 0 Å².